The van der Waals surface area contributed by atoms with Gasteiger partial charge in [-0.25, -0.2) is 0 Å². The minimum absolute atomic E-state index is 0.159. The van der Waals surface area contributed by atoms with E-state index in [1.54, 1.807) is 6.92 Å². The number of amides is 1. The number of aryl methyl sites for hydroxylation is 1. The molecule has 25 heavy (non-hydrogen) atoms. The van der Waals surface area contributed by atoms with Gasteiger partial charge in [-0.1, -0.05) is 35.5 Å². The first-order valence-corrected chi connectivity index (χ1v) is 8.84. The molecule has 1 aliphatic rings. The minimum Gasteiger partial charge on any atom is -0.341 e. The van der Waals surface area contributed by atoms with Crippen LogP contribution in [0.4, 0.5) is 0 Å². The molecule has 0 bridgehead atoms. The van der Waals surface area contributed by atoms with E-state index in [0.717, 1.165) is 31.6 Å². The van der Waals surface area contributed by atoms with Crippen molar-refractivity contribution in [3.8, 4) is 0 Å². The molecular weight excluding hydrogens is 316 g/mol. The molecule has 6 nitrogen and oxygen atoms in total. The summed E-state index contributed by atoms with van der Waals surface area (Å²) < 4.78 is 5.11. The number of hydrogen-bond acceptors (Lipinski definition) is 5. The second kappa shape index (κ2) is 7.78. The highest BCUT2D eigenvalue weighted by atomic mass is 16.5. The van der Waals surface area contributed by atoms with Gasteiger partial charge in [0.2, 0.25) is 11.8 Å². The number of rotatable bonds is 5. The summed E-state index contributed by atoms with van der Waals surface area (Å²) in [6.45, 7) is 3.26. The summed E-state index contributed by atoms with van der Waals surface area (Å²) in [6.07, 6.45) is 2.68. The highest BCUT2D eigenvalue weighted by Gasteiger charge is 2.32. The Hall–Kier alpha value is -2.21. The number of likely N-dealkylation sites (tertiary alicyclic amines) is 1. The molecule has 0 N–H and O–H groups in total. The van der Waals surface area contributed by atoms with Gasteiger partial charge in [-0.2, -0.15) is 4.98 Å². The lowest BCUT2D eigenvalue weighted by Gasteiger charge is -2.35. The van der Waals surface area contributed by atoms with Crippen molar-refractivity contribution in [1.82, 2.24) is 19.9 Å². The zero-order valence-electron chi connectivity index (χ0n) is 15.2. The summed E-state index contributed by atoms with van der Waals surface area (Å²) in [5.74, 6) is 1.64. The molecule has 0 unspecified atom stereocenters. The van der Waals surface area contributed by atoms with E-state index < -0.39 is 0 Å². The third kappa shape index (κ3) is 4.25. The molecular formula is C19H26N4O2. The highest BCUT2D eigenvalue weighted by molar-refractivity contribution is 5.82. The Bertz CT molecular complexity index is 698. The number of nitrogens with zero attached hydrogens (tertiary/aromatic N) is 4. The van der Waals surface area contributed by atoms with Crippen LogP contribution in [0, 0.1) is 6.92 Å². The van der Waals surface area contributed by atoms with Gasteiger partial charge in [0.05, 0.1) is 6.04 Å². The first-order chi connectivity index (χ1) is 12.0. The fraction of sp³-hybridized carbons (Fsp3) is 0.526. The lowest BCUT2D eigenvalue weighted by molar-refractivity contribution is -0.137. The summed E-state index contributed by atoms with van der Waals surface area (Å²) in [7, 11) is 3.94. The normalized spacial score (nSPS) is 19.2. The standard InChI is InChI=1S/C19H26N4O2/c1-14-20-18(21-25-14)16-10-7-11-23(13-16)19(24)17(22(2)3)12-15-8-5-4-6-9-15/h4-6,8-9,16-17H,7,10-13H2,1-3H3/t16-,17-/m1/s1. The van der Waals surface area contributed by atoms with Crippen LogP contribution in [-0.4, -0.2) is 59.1 Å². The van der Waals surface area contributed by atoms with Crippen molar-refractivity contribution in [2.24, 2.45) is 0 Å². The van der Waals surface area contributed by atoms with Gasteiger partial charge in [0.25, 0.3) is 0 Å². The number of aromatic nitrogens is 2. The van der Waals surface area contributed by atoms with E-state index in [0.29, 0.717) is 12.4 Å². The summed E-state index contributed by atoms with van der Waals surface area (Å²) in [6, 6.07) is 10.0. The number of benzene rings is 1. The van der Waals surface area contributed by atoms with Crippen molar-refractivity contribution in [3.63, 3.8) is 0 Å². The topological polar surface area (TPSA) is 62.5 Å². The Kier molecular flexibility index (Phi) is 5.48. The number of carbonyl (C=O) groups is 1. The number of likely N-dealkylation sites (N-methyl/N-ethyl adjacent to an activating group) is 1. The molecule has 3 rings (SSSR count). The predicted molar refractivity (Wildman–Crippen MR) is 95.2 cm³/mol. The van der Waals surface area contributed by atoms with Crippen LogP contribution in [0.15, 0.2) is 34.9 Å². The van der Waals surface area contributed by atoms with E-state index in [4.69, 9.17) is 4.52 Å². The first-order valence-electron chi connectivity index (χ1n) is 8.84. The SMILES string of the molecule is Cc1nc([C@@H]2CCCN(C(=O)[C@@H](Cc3ccccc3)N(C)C)C2)no1. The molecule has 1 saturated heterocycles. The van der Waals surface area contributed by atoms with Crippen molar-refractivity contribution in [2.45, 2.75) is 38.1 Å². The van der Waals surface area contributed by atoms with Gasteiger partial charge in [-0.05, 0) is 38.9 Å². The van der Waals surface area contributed by atoms with Crippen LogP contribution in [0.5, 0.6) is 0 Å². The van der Waals surface area contributed by atoms with Crippen LogP contribution in [0.3, 0.4) is 0 Å². The molecule has 2 heterocycles. The van der Waals surface area contributed by atoms with Crippen LogP contribution in [-0.2, 0) is 11.2 Å². The predicted octanol–water partition coefficient (Wildman–Crippen LogP) is 2.26. The first kappa shape index (κ1) is 17.6. The molecule has 0 radical (unpaired) electrons. The molecule has 1 aromatic heterocycles. The molecule has 0 saturated carbocycles. The van der Waals surface area contributed by atoms with Gasteiger partial charge in [0, 0.05) is 25.9 Å². The molecule has 1 amide bonds. The number of carbonyl (C=O) groups excluding carboxylic acids is 1. The average molecular weight is 342 g/mol. The Morgan fingerprint density at radius 2 is 2.12 bits per heavy atom. The summed E-state index contributed by atoms with van der Waals surface area (Å²) >= 11 is 0. The van der Waals surface area contributed by atoms with Gasteiger partial charge in [0.15, 0.2) is 5.82 Å². The van der Waals surface area contributed by atoms with Crippen LogP contribution >= 0.6 is 0 Å². The van der Waals surface area contributed by atoms with E-state index in [1.165, 1.54) is 5.56 Å². The van der Waals surface area contributed by atoms with E-state index in [2.05, 4.69) is 22.3 Å². The van der Waals surface area contributed by atoms with Crippen molar-refractivity contribution in [2.75, 3.05) is 27.2 Å². The van der Waals surface area contributed by atoms with Crippen LogP contribution in [0.1, 0.15) is 36.0 Å². The average Bonchev–Trinajstić information content (AvgIpc) is 3.06. The Labute approximate surface area is 148 Å². The Balaban J connectivity index is 1.70. The minimum atomic E-state index is -0.159. The monoisotopic (exact) mass is 342 g/mol. The van der Waals surface area contributed by atoms with Crippen molar-refractivity contribution >= 4 is 5.91 Å². The fourth-order valence-electron chi connectivity index (χ4n) is 3.41. The maximum absolute atomic E-state index is 13.1. The summed E-state index contributed by atoms with van der Waals surface area (Å²) in [5, 5.41) is 4.05. The zero-order chi connectivity index (χ0) is 17.8. The third-order valence-electron chi connectivity index (χ3n) is 4.82. The van der Waals surface area contributed by atoms with Crippen molar-refractivity contribution < 1.29 is 9.32 Å². The highest BCUT2D eigenvalue weighted by Crippen LogP contribution is 2.26. The van der Waals surface area contributed by atoms with Gasteiger partial charge >= 0.3 is 0 Å². The fourth-order valence-corrected chi connectivity index (χ4v) is 3.41. The van der Waals surface area contributed by atoms with Crippen LogP contribution in [0.2, 0.25) is 0 Å². The second-order valence-corrected chi connectivity index (χ2v) is 6.96. The molecule has 6 heteroatoms. The molecule has 2 atom stereocenters. The summed E-state index contributed by atoms with van der Waals surface area (Å²) in [5.41, 5.74) is 1.18. The molecule has 134 valence electrons. The maximum atomic E-state index is 13.1. The molecule has 0 spiro atoms. The van der Waals surface area contributed by atoms with Gasteiger partial charge in [-0.3, -0.25) is 9.69 Å². The molecule has 1 aliphatic heterocycles. The molecule has 1 aromatic carbocycles. The largest absolute Gasteiger partial charge is 0.341 e. The van der Waals surface area contributed by atoms with Crippen molar-refractivity contribution in [1.29, 1.82) is 0 Å². The van der Waals surface area contributed by atoms with E-state index in [-0.39, 0.29) is 17.9 Å². The van der Waals surface area contributed by atoms with Gasteiger partial charge in [0.1, 0.15) is 0 Å². The molecule has 2 aromatic rings. The van der Waals surface area contributed by atoms with E-state index >= 15 is 0 Å². The van der Waals surface area contributed by atoms with E-state index in [1.807, 2.05) is 42.1 Å². The Morgan fingerprint density at radius 1 is 1.36 bits per heavy atom. The lowest BCUT2D eigenvalue weighted by Crippen LogP contribution is -2.50. The smallest absolute Gasteiger partial charge is 0.240 e. The summed E-state index contributed by atoms with van der Waals surface area (Å²) in [4.78, 5) is 21.5. The molecule has 0 aliphatic carbocycles. The van der Waals surface area contributed by atoms with Gasteiger partial charge < -0.3 is 9.42 Å². The Morgan fingerprint density at radius 3 is 2.76 bits per heavy atom. The van der Waals surface area contributed by atoms with E-state index in [9.17, 15) is 4.79 Å². The second-order valence-electron chi connectivity index (χ2n) is 6.96. The quantitative estimate of drug-likeness (QED) is 0.834. The van der Waals surface area contributed by atoms with Gasteiger partial charge in [-0.15, -0.1) is 0 Å². The number of hydrogen-bond donors (Lipinski definition) is 0. The lowest BCUT2D eigenvalue weighted by atomic mass is 9.95. The van der Waals surface area contributed by atoms with Crippen molar-refractivity contribution in [3.05, 3.63) is 47.6 Å². The molecule has 1 fully saturated rings. The third-order valence-corrected chi connectivity index (χ3v) is 4.82. The van der Waals surface area contributed by atoms with Crippen LogP contribution < -0.4 is 0 Å². The van der Waals surface area contributed by atoms with Crippen LogP contribution in [0.25, 0.3) is 0 Å². The number of piperidine rings is 1. The maximum Gasteiger partial charge on any atom is 0.240 e. The zero-order valence-corrected chi connectivity index (χ0v) is 15.2.